The van der Waals surface area contributed by atoms with Gasteiger partial charge in [-0.1, -0.05) is 6.07 Å². The van der Waals surface area contributed by atoms with Crippen LogP contribution in [0.3, 0.4) is 0 Å². The normalized spacial score (nSPS) is 10.1. The number of nitrogens with two attached hydrogens (primary N) is 1. The van der Waals surface area contributed by atoms with Crippen LogP contribution < -0.4 is 5.73 Å². The van der Waals surface area contributed by atoms with E-state index < -0.39 is 0 Å². The van der Waals surface area contributed by atoms with E-state index in [2.05, 4.69) is 0 Å². The van der Waals surface area contributed by atoms with Gasteiger partial charge in [-0.15, -0.1) is 0 Å². The van der Waals surface area contributed by atoms with Crippen molar-refractivity contribution >= 4 is 5.69 Å². The molecule has 11 heavy (non-hydrogen) atoms. The number of benzene rings is 1. The zero-order valence-electron chi connectivity index (χ0n) is 6.26. The summed E-state index contributed by atoms with van der Waals surface area (Å²) >= 11 is 0. The van der Waals surface area contributed by atoms with Gasteiger partial charge in [0, 0.05) is 16.8 Å². The van der Waals surface area contributed by atoms with Crippen LogP contribution in [0.15, 0.2) is 12.1 Å². The van der Waals surface area contributed by atoms with Crippen molar-refractivity contribution in [1.29, 1.82) is 0 Å². The molecule has 1 aromatic rings. The highest BCUT2D eigenvalue weighted by Crippen LogP contribution is 2.19. The zero-order chi connectivity index (χ0) is 8.43. The van der Waals surface area contributed by atoms with E-state index in [1.165, 1.54) is 12.1 Å². The monoisotopic (exact) mass is 155 g/mol. The first-order valence-corrected chi connectivity index (χ1v) is 3.31. The summed E-state index contributed by atoms with van der Waals surface area (Å²) in [5.74, 6) is -0.334. The molecule has 0 aromatic heterocycles. The summed E-state index contributed by atoms with van der Waals surface area (Å²) in [6.07, 6.45) is 0. The van der Waals surface area contributed by atoms with Gasteiger partial charge < -0.3 is 10.8 Å². The Kier molecular flexibility index (Phi) is 2.10. The number of rotatable bonds is 1. The molecule has 0 radical (unpaired) electrons. The molecule has 60 valence electrons. The van der Waals surface area contributed by atoms with Crippen LogP contribution in [-0.2, 0) is 6.61 Å². The molecule has 0 saturated heterocycles. The minimum absolute atomic E-state index is 0.146. The summed E-state index contributed by atoms with van der Waals surface area (Å²) in [4.78, 5) is 0. The van der Waals surface area contributed by atoms with Gasteiger partial charge in [0.15, 0.2) is 0 Å². The fourth-order valence-corrected chi connectivity index (χ4v) is 0.896. The van der Waals surface area contributed by atoms with Gasteiger partial charge >= 0.3 is 0 Å². The molecule has 2 nitrogen and oxygen atoms in total. The van der Waals surface area contributed by atoms with E-state index in [4.69, 9.17) is 10.8 Å². The molecule has 0 aliphatic rings. The van der Waals surface area contributed by atoms with E-state index in [0.717, 1.165) is 0 Å². The minimum Gasteiger partial charge on any atom is -0.398 e. The maximum absolute atomic E-state index is 12.7. The van der Waals surface area contributed by atoms with Crippen molar-refractivity contribution in [1.82, 2.24) is 0 Å². The number of hydrogen-bond acceptors (Lipinski definition) is 2. The van der Waals surface area contributed by atoms with Crippen LogP contribution in [0.4, 0.5) is 10.1 Å². The van der Waals surface area contributed by atoms with Crippen LogP contribution in [0, 0.1) is 12.7 Å². The van der Waals surface area contributed by atoms with Crippen molar-refractivity contribution in [3.05, 3.63) is 29.1 Å². The Hall–Kier alpha value is -1.09. The Bertz CT molecular complexity index is 273. The van der Waals surface area contributed by atoms with E-state index >= 15 is 0 Å². The van der Waals surface area contributed by atoms with Gasteiger partial charge in [-0.3, -0.25) is 0 Å². The van der Waals surface area contributed by atoms with Crippen molar-refractivity contribution in [2.24, 2.45) is 0 Å². The molecule has 1 rings (SSSR count). The third-order valence-electron chi connectivity index (χ3n) is 1.71. The van der Waals surface area contributed by atoms with Crippen molar-refractivity contribution < 1.29 is 9.50 Å². The van der Waals surface area contributed by atoms with Crippen LogP contribution in [0.1, 0.15) is 11.1 Å². The Morgan fingerprint density at radius 1 is 1.55 bits per heavy atom. The lowest BCUT2D eigenvalue weighted by Crippen LogP contribution is -1.99. The first kappa shape index (κ1) is 8.01. The molecular weight excluding hydrogens is 145 g/mol. The van der Waals surface area contributed by atoms with E-state index in [1.54, 1.807) is 6.92 Å². The smallest absolute Gasteiger partial charge is 0.128 e. The predicted molar refractivity (Wildman–Crippen MR) is 41.5 cm³/mol. The molecule has 0 heterocycles. The second-order valence-corrected chi connectivity index (χ2v) is 2.40. The molecule has 0 amide bonds. The van der Waals surface area contributed by atoms with Crippen LogP contribution in [0.5, 0.6) is 0 Å². The molecule has 3 heteroatoms. The summed E-state index contributed by atoms with van der Waals surface area (Å²) in [5.41, 5.74) is 6.81. The molecule has 0 atom stereocenters. The van der Waals surface area contributed by atoms with E-state index in [-0.39, 0.29) is 12.4 Å². The van der Waals surface area contributed by atoms with Gasteiger partial charge in [0.1, 0.15) is 5.82 Å². The van der Waals surface area contributed by atoms with Gasteiger partial charge in [-0.05, 0) is 13.0 Å². The summed E-state index contributed by atoms with van der Waals surface area (Å²) in [5, 5.41) is 8.73. The second kappa shape index (κ2) is 2.88. The van der Waals surface area contributed by atoms with Crippen molar-refractivity contribution in [3.8, 4) is 0 Å². The fourth-order valence-electron chi connectivity index (χ4n) is 0.896. The van der Waals surface area contributed by atoms with Gasteiger partial charge in [-0.25, -0.2) is 4.39 Å². The minimum atomic E-state index is -0.334. The van der Waals surface area contributed by atoms with Crippen molar-refractivity contribution in [3.63, 3.8) is 0 Å². The van der Waals surface area contributed by atoms with Crippen LogP contribution in [0.2, 0.25) is 0 Å². The molecular formula is C8H10FNO. The number of anilines is 1. The molecule has 3 N–H and O–H groups in total. The summed E-state index contributed by atoms with van der Waals surface area (Å²) < 4.78 is 12.7. The molecule has 0 spiro atoms. The Balaban J connectivity index is 3.25. The van der Waals surface area contributed by atoms with Crippen LogP contribution in [-0.4, -0.2) is 5.11 Å². The summed E-state index contributed by atoms with van der Waals surface area (Å²) in [6, 6.07) is 2.79. The molecule has 0 aliphatic carbocycles. The third kappa shape index (κ3) is 1.33. The molecule has 0 aliphatic heterocycles. The average molecular weight is 155 g/mol. The number of nitrogen functional groups attached to an aromatic ring is 1. The van der Waals surface area contributed by atoms with Gasteiger partial charge in [0.05, 0.1) is 6.61 Å². The molecule has 0 unspecified atom stereocenters. The summed E-state index contributed by atoms with van der Waals surface area (Å²) in [7, 11) is 0. The quantitative estimate of drug-likeness (QED) is 0.599. The lowest BCUT2D eigenvalue weighted by Gasteiger charge is -2.05. The van der Waals surface area contributed by atoms with E-state index in [1.807, 2.05) is 0 Å². The lowest BCUT2D eigenvalue weighted by atomic mass is 10.1. The summed E-state index contributed by atoms with van der Waals surface area (Å²) in [6.45, 7) is 1.44. The molecule has 1 aromatic carbocycles. The number of aliphatic hydroxyl groups excluding tert-OH is 1. The highest BCUT2D eigenvalue weighted by atomic mass is 19.1. The first-order chi connectivity index (χ1) is 5.16. The number of hydrogen-bond donors (Lipinski definition) is 2. The Morgan fingerprint density at radius 3 is 2.73 bits per heavy atom. The standard InChI is InChI=1S/C8H10FNO/c1-5-7(9)3-2-6(4-11)8(5)10/h2-3,11H,4,10H2,1H3. The topological polar surface area (TPSA) is 46.2 Å². The van der Waals surface area contributed by atoms with Gasteiger partial charge in [0.25, 0.3) is 0 Å². The van der Waals surface area contributed by atoms with Gasteiger partial charge in [-0.2, -0.15) is 0 Å². The lowest BCUT2D eigenvalue weighted by molar-refractivity contribution is 0.282. The van der Waals surface area contributed by atoms with E-state index in [9.17, 15) is 4.39 Å². The Morgan fingerprint density at radius 2 is 2.18 bits per heavy atom. The van der Waals surface area contributed by atoms with Gasteiger partial charge in [0.2, 0.25) is 0 Å². The van der Waals surface area contributed by atoms with Crippen molar-refractivity contribution in [2.45, 2.75) is 13.5 Å². The number of halogens is 1. The van der Waals surface area contributed by atoms with Crippen molar-refractivity contribution in [2.75, 3.05) is 5.73 Å². The highest BCUT2D eigenvalue weighted by molar-refractivity contribution is 5.53. The molecule has 0 bridgehead atoms. The van der Waals surface area contributed by atoms with Crippen LogP contribution >= 0.6 is 0 Å². The highest BCUT2D eigenvalue weighted by Gasteiger charge is 2.04. The second-order valence-electron chi connectivity index (χ2n) is 2.40. The fraction of sp³-hybridized carbons (Fsp3) is 0.250. The Labute approximate surface area is 64.5 Å². The third-order valence-corrected chi connectivity index (χ3v) is 1.71. The SMILES string of the molecule is Cc1c(F)ccc(CO)c1N. The zero-order valence-corrected chi connectivity index (χ0v) is 6.26. The molecule has 0 fully saturated rings. The molecule has 0 saturated carbocycles. The maximum Gasteiger partial charge on any atom is 0.128 e. The first-order valence-electron chi connectivity index (χ1n) is 3.31. The van der Waals surface area contributed by atoms with E-state index in [0.29, 0.717) is 16.8 Å². The maximum atomic E-state index is 12.7. The van der Waals surface area contributed by atoms with Crippen LogP contribution in [0.25, 0.3) is 0 Å². The average Bonchev–Trinajstić information content (AvgIpc) is 2.01. The number of aliphatic hydroxyl groups is 1. The predicted octanol–water partition coefficient (Wildman–Crippen LogP) is 1.21. The largest absolute Gasteiger partial charge is 0.398 e.